The summed E-state index contributed by atoms with van der Waals surface area (Å²) in [5.74, 6) is 0. The molecule has 0 aliphatic rings. The van der Waals surface area contributed by atoms with E-state index in [0.717, 1.165) is 6.54 Å². The molecule has 0 saturated carbocycles. The summed E-state index contributed by atoms with van der Waals surface area (Å²) in [7, 11) is 0. The first kappa shape index (κ1) is 31.8. The van der Waals surface area contributed by atoms with Gasteiger partial charge < -0.3 is 5.32 Å². The molecular formula is C26H55KN. The van der Waals surface area contributed by atoms with Crippen molar-refractivity contribution in [2.24, 2.45) is 10.8 Å². The molecular weight excluding hydrogens is 365 g/mol. The van der Waals surface area contributed by atoms with Crippen LogP contribution < -0.4 is 5.32 Å². The summed E-state index contributed by atoms with van der Waals surface area (Å²) in [5.41, 5.74) is 0.793. The SMILES string of the molecule is CCCCCCCCCCNC(C)(C)C(C)(C)C(C)(C)CCCCCCC.[K]. The number of nitrogens with one attached hydrogen (secondary N) is 1. The van der Waals surface area contributed by atoms with E-state index in [2.05, 4.69) is 60.7 Å². The van der Waals surface area contributed by atoms with E-state index in [0.29, 0.717) is 5.41 Å². The Morgan fingerprint density at radius 3 is 1.39 bits per heavy atom. The predicted molar refractivity (Wildman–Crippen MR) is 131 cm³/mol. The van der Waals surface area contributed by atoms with Crippen molar-refractivity contribution in [1.29, 1.82) is 0 Å². The van der Waals surface area contributed by atoms with E-state index >= 15 is 0 Å². The average molecular weight is 421 g/mol. The van der Waals surface area contributed by atoms with Gasteiger partial charge in [0.05, 0.1) is 0 Å². The molecule has 0 unspecified atom stereocenters. The van der Waals surface area contributed by atoms with Crippen molar-refractivity contribution in [2.45, 2.75) is 151 Å². The third-order valence-electron chi connectivity index (χ3n) is 7.76. The van der Waals surface area contributed by atoms with Gasteiger partial charge in [-0.25, -0.2) is 0 Å². The smallest absolute Gasteiger partial charge is 0.0181 e. The first-order chi connectivity index (χ1) is 12.6. The molecule has 1 nitrogen and oxygen atoms in total. The molecule has 0 atom stereocenters. The summed E-state index contributed by atoms with van der Waals surface area (Å²) in [6.45, 7) is 20.6. The van der Waals surface area contributed by atoms with Crippen molar-refractivity contribution in [3.8, 4) is 0 Å². The Kier molecular flexibility index (Phi) is 19.5. The van der Waals surface area contributed by atoms with E-state index in [1.807, 2.05) is 0 Å². The predicted octanol–water partition coefficient (Wildman–Crippen LogP) is 8.53. The van der Waals surface area contributed by atoms with Crippen LogP contribution in [0.4, 0.5) is 0 Å². The minimum Gasteiger partial charge on any atom is -0.311 e. The number of rotatable bonds is 18. The fourth-order valence-corrected chi connectivity index (χ4v) is 4.21. The minimum atomic E-state index is 0. The van der Waals surface area contributed by atoms with Gasteiger partial charge in [-0.15, -0.1) is 0 Å². The van der Waals surface area contributed by atoms with Crippen molar-refractivity contribution in [2.75, 3.05) is 6.54 Å². The molecule has 0 heterocycles. The number of hydrogen-bond acceptors (Lipinski definition) is 1. The Morgan fingerprint density at radius 1 is 0.536 bits per heavy atom. The van der Waals surface area contributed by atoms with Gasteiger partial charge in [-0.2, -0.15) is 0 Å². The Balaban J connectivity index is 0. The van der Waals surface area contributed by atoms with Crippen LogP contribution >= 0.6 is 0 Å². The maximum absolute atomic E-state index is 3.93. The van der Waals surface area contributed by atoms with E-state index in [1.165, 1.54) is 89.9 Å². The molecule has 1 N–H and O–H groups in total. The van der Waals surface area contributed by atoms with Gasteiger partial charge in [-0.3, -0.25) is 0 Å². The van der Waals surface area contributed by atoms with Crippen molar-refractivity contribution in [3.05, 3.63) is 0 Å². The fraction of sp³-hybridized carbons (Fsp3) is 1.00. The van der Waals surface area contributed by atoms with Crippen molar-refractivity contribution in [1.82, 2.24) is 5.32 Å². The normalized spacial score (nSPS) is 12.9. The van der Waals surface area contributed by atoms with E-state index in [1.54, 1.807) is 0 Å². The van der Waals surface area contributed by atoms with Gasteiger partial charge in [0, 0.05) is 56.9 Å². The molecule has 28 heavy (non-hydrogen) atoms. The summed E-state index contributed by atoms with van der Waals surface area (Å²) in [5, 5.41) is 3.93. The van der Waals surface area contributed by atoms with Gasteiger partial charge in [-0.05, 0) is 44.1 Å². The largest absolute Gasteiger partial charge is 0.311 e. The van der Waals surface area contributed by atoms with E-state index in [-0.39, 0.29) is 62.3 Å². The third-order valence-corrected chi connectivity index (χ3v) is 7.76. The average Bonchev–Trinajstić information content (AvgIpc) is 2.59. The van der Waals surface area contributed by atoms with Crippen LogP contribution in [0.3, 0.4) is 0 Å². The first-order valence-corrected chi connectivity index (χ1v) is 12.4. The summed E-state index contributed by atoms with van der Waals surface area (Å²) in [4.78, 5) is 0. The first-order valence-electron chi connectivity index (χ1n) is 12.4. The molecule has 0 aromatic heterocycles. The van der Waals surface area contributed by atoms with Gasteiger partial charge in [-0.1, -0.05) is 119 Å². The quantitative estimate of drug-likeness (QED) is 0.173. The zero-order chi connectivity index (χ0) is 20.8. The number of unbranched alkanes of at least 4 members (excludes halogenated alkanes) is 11. The molecule has 0 saturated heterocycles. The van der Waals surface area contributed by atoms with Crippen LogP contribution in [0.25, 0.3) is 0 Å². The van der Waals surface area contributed by atoms with Crippen molar-refractivity contribution < 1.29 is 0 Å². The standard InChI is InChI=1S/C26H55N.K/c1-9-11-13-15-16-17-19-21-23-27-26(7,8)25(5,6)24(3,4)22-20-18-14-12-10-2;/h27H,9-23H2,1-8H3;. The molecule has 0 aliphatic carbocycles. The minimum absolute atomic E-state index is 0. The Labute approximate surface area is 222 Å². The second-order valence-corrected chi connectivity index (χ2v) is 10.7. The van der Waals surface area contributed by atoms with Gasteiger partial charge in [0.25, 0.3) is 0 Å². The van der Waals surface area contributed by atoms with E-state index in [9.17, 15) is 0 Å². The van der Waals surface area contributed by atoms with Gasteiger partial charge >= 0.3 is 0 Å². The van der Waals surface area contributed by atoms with Crippen LogP contribution in [-0.4, -0.2) is 63.5 Å². The zero-order valence-corrected chi connectivity index (χ0v) is 24.7. The monoisotopic (exact) mass is 420 g/mol. The van der Waals surface area contributed by atoms with Gasteiger partial charge in [0.1, 0.15) is 0 Å². The van der Waals surface area contributed by atoms with Crippen molar-refractivity contribution in [3.63, 3.8) is 0 Å². The van der Waals surface area contributed by atoms with Crippen molar-refractivity contribution >= 4 is 51.4 Å². The maximum Gasteiger partial charge on any atom is 0.0181 e. The van der Waals surface area contributed by atoms with Crippen LogP contribution in [0, 0.1) is 10.8 Å². The summed E-state index contributed by atoms with van der Waals surface area (Å²) in [6, 6.07) is 0. The molecule has 165 valence electrons. The second kappa shape index (κ2) is 17.2. The van der Waals surface area contributed by atoms with Crippen LogP contribution in [0.15, 0.2) is 0 Å². The molecule has 2 heteroatoms. The summed E-state index contributed by atoms with van der Waals surface area (Å²) < 4.78 is 0. The van der Waals surface area contributed by atoms with E-state index < -0.39 is 0 Å². The molecule has 0 aromatic carbocycles. The summed E-state index contributed by atoms with van der Waals surface area (Å²) >= 11 is 0. The molecule has 0 fully saturated rings. The molecule has 0 aliphatic heterocycles. The maximum atomic E-state index is 3.93. The topological polar surface area (TPSA) is 12.0 Å². The summed E-state index contributed by atoms with van der Waals surface area (Å²) in [6.07, 6.45) is 19.5. The van der Waals surface area contributed by atoms with Crippen LogP contribution in [0.2, 0.25) is 0 Å². The molecule has 0 bridgehead atoms. The Hall–Kier alpha value is 1.60. The molecule has 0 amide bonds. The van der Waals surface area contributed by atoms with Crippen LogP contribution in [0.1, 0.15) is 145 Å². The van der Waals surface area contributed by atoms with Crippen LogP contribution in [0.5, 0.6) is 0 Å². The molecule has 0 aromatic rings. The fourth-order valence-electron chi connectivity index (χ4n) is 4.21. The number of hydrogen-bond donors (Lipinski definition) is 1. The second-order valence-electron chi connectivity index (χ2n) is 10.7. The van der Waals surface area contributed by atoms with Gasteiger partial charge in [0.15, 0.2) is 0 Å². The third kappa shape index (κ3) is 12.5. The van der Waals surface area contributed by atoms with Gasteiger partial charge in [0.2, 0.25) is 0 Å². The Morgan fingerprint density at radius 2 is 0.929 bits per heavy atom. The molecule has 1 radical (unpaired) electrons. The Bertz CT molecular complexity index is 346. The molecule has 0 rings (SSSR count). The van der Waals surface area contributed by atoms with Crippen LogP contribution in [-0.2, 0) is 0 Å². The van der Waals surface area contributed by atoms with E-state index in [4.69, 9.17) is 0 Å². The molecule has 0 spiro atoms. The zero-order valence-electron chi connectivity index (χ0n) is 21.6.